The number of hydrogen-bond donors (Lipinski definition) is 1. The Morgan fingerprint density at radius 1 is 1.28 bits per heavy atom. The molecule has 108 valence electrons. The van der Waals surface area contributed by atoms with Crippen LogP contribution in [-0.2, 0) is 9.53 Å². The van der Waals surface area contributed by atoms with E-state index < -0.39 is 0 Å². The van der Waals surface area contributed by atoms with Crippen LogP contribution < -0.4 is 5.32 Å². The van der Waals surface area contributed by atoms with Crippen LogP contribution in [-0.4, -0.2) is 50.2 Å². The Morgan fingerprint density at radius 2 is 1.89 bits per heavy atom. The van der Waals surface area contributed by atoms with Gasteiger partial charge in [0.25, 0.3) is 0 Å². The molecule has 0 rings (SSSR count). The third-order valence-electron chi connectivity index (χ3n) is 3.38. The molecule has 4 heteroatoms. The van der Waals surface area contributed by atoms with Gasteiger partial charge < -0.3 is 15.0 Å². The van der Waals surface area contributed by atoms with Crippen molar-refractivity contribution in [1.29, 1.82) is 0 Å². The van der Waals surface area contributed by atoms with Gasteiger partial charge in [-0.15, -0.1) is 0 Å². The topological polar surface area (TPSA) is 41.6 Å². The number of nitrogens with one attached hydrogen (secondary N) is 1. The van der Waals surface area contributed by atoms with Crippen molar-refractivity contribution in [1.82, 2.24) is 10.2 Å². The minimum atomic E-state index is -0.141. The molecule has 4 nitrogen and oxygen atoms in total. The predicted molar refractivity (Wildman–Crippen MR) is 75.7 cm³/mol. The Hall–Kier alpha value is -0.610. The number of hydrogen-bond acceptors (Lipinski definition) is 4. The van der Waals surface area contributed by atoms with Gasteiger partial charge in [0.15, 0.2) is 0 Å². The molecule has 0 aromatic carbocycles. The molecule has 0 aliphatic carbocycles. The molecule has 0 fully saturated rings. The molecule has 1 N–H and O–H groups in total. The lowest BCUT2D eigenvalue weighted by Crippen LogP contribution is -2.34. The fraction of sp³-hybridized carbons (Fsp3) is 0.929. The monoisotopic (exact) mass is 258 g/mol. The van der Waals surface area contributed by atoms with Gasteiger partial charge in [-0.05, 0) is 39.4 Å². The third kappa shape index (κ3) is 7.67. The summed E-state index contributed by atoms with van der Waals surface area (Å²) in [6.07, 6.45) is 2.34. The Bertz CT molecular complexity index is 218. The highest BCUT2D eigenvalue weighted by Crippen LogP contribution is 2.02. The van der Waals surface area contributed by atoms with Crippen LogP contribution in [0.25, 0.3) is 0 Å². The molecule has 0 heterocycles. The largest absolute Gasteiger partial charge is 0.469 e. The van der Waals surface area contributed by atoms with Gasteiger partial charge in [0.1, 0.15) is 0 Å². The molecule has 0 spiro atoms. The smallest absolute Gasteiger partial charge is 0.309 e. The first-order valence-corrected chi connectivity index (χ1v) is 7.08. The number of rotatable bonds is 10. The molecule has 0 saturated heterocycles. The molecule has 2 unspecified atom stereocenters. The highest BCUT2D eigenvalue weighted by molar-refractivity contribution is 5.72. The van der Waals surface area contributed by atoms with E-state index in [1.807, 2.05) is 6.92 Å². The van der Waals surface area contributed by atoms with Gasteiger partial charge in [0.2, 0.25) is 0 Å². The molecule has 0 amide bonds. The van der Waals surface area contributed by atoms with E-state index in [9.17, 15) is 4.79 Å². The number of carbonyl (C=O) groups excluding carboxylic acids is 1. The Morgan fingerprint density at radius 3 is 2.39 bits per heavy atom. The first kappa shape index (κ1) is 17.4. The van der Waals surface area contributed by atoms with E-state index in [-0.39, 0.29) is 11.9 Å². The van der Waals surface area contributed by atoms with E-state index in [1.54, 1.807) is 0 Å². The zero-order chi connectivity index (χ0) is 14.0. The summed E-state index contributed by atoms with van der Waals surface area (Å²) in [7, 11) is 1.44. The second-order valence-corrected chi connectivity index (χ2v) is 4.90. The molecule has 0 aromatic rings. The van der Waals surface area contributed by atoms with E-state index in [4.69, 9.17) is 4.74 Å². The molecular formula is C14H30N2O2. The van der Waals surface area contributed by atoms with Gasteiger partial charge in [-0.3, -0.25) is 4.79 Å². The van der Waals surface area contributed by atoms with Gasteiger partial charge >= 0.3 is 5.97 Å². The summed E-state index contributed by atoms with van der Waals surface area (Å²) in [4.78, 5) is 13.7. The van der Waals surface area contributed by atoms with Crippen molar-refractivity contribution in [2.24, 2.45) is 5.92 Å². The standard InChI is InChI=1S/C14H30N2O2/c1-6-16(7-2)10-8-9-13(4)15-11-12(3)14(17)18-5/h12-13,15H,6-11H2,1-5H3. The molecule has 0 aliphatic rings. The second kappa shape index (κ2) is 10.3. The van der Waals surface area contributed by atoms with Crippen LogP contribution in [0.2, 0.25) is 0 Å². The van der Waals surface area contributed by atoms with E-state index in [0.717, 1.165) is 26.1 Å². The lowest BCUT2D eigenvalue weighted by Gasteiger charge is -2.20. The molecule has 0 aromatic heterocycles. The number of esters is 1. The normalized spacial score (nSPS) is 14.6. The molecule has 18 heavy (non-hydrogen) atoms. The van der Waals surface area contributed by atoms with Crippen molar-refractivity contribution >= 4 is 5.97 Å². The molecule has 0 radical (unpaired) electrons. The highest BCUT2D eigenvalue weighted by Gasteiger charge is 2.13. The molecule has 0 bridgehead atoms. The van der Waals surface area contributed by atoms with Crippen molar-refractivity contribution in [3.05, 3.63) is 0 Å². The minimum absolute atomic E-state index is 0.0692. The summed E-state index contributed by atoms with van der Waals surface area (Å²) in [5.74, 6) is -0.210. The second-order valence-electron chi connectivity index (χ2n) is 4.90. The van der Waals surface area contributed by atoms with Crippen LogP contribution in [0.15, 0.2) is 0 Å². The average molecular weight is 258 g/mol. The van der Waals surface area contributed by atoms with E-state index in [2.05, 4.69) is 31.0 Å². The lowest BCUT2D eigenvalue weighted by atomic mass is 10.1. The van der Waals surface area contributed by atoms with E-state index >= 15 is 0 Å². The van der Waals surface area contributed by atoms with Crippen molar-refractivity contribution in [2.75, 3.05) is 33.3 Å². The molecule has 2 atom stereocenters. The maximum atomic E-state index is 11.2. The van der Waals surface area contributed by atoms with Crippen molar-refractivity contribution in [3.8, 4) is 0 Å². The molecular weight excluding hydrogens is 228 g/mol. The van der Waals surface area contributed by atoms with Crippen molar-refractivity contribution in [2.45, 2.75) is 46.6 Å². The Kier molecular flexibility index (Phi) is 9.98. The average Bonchev–Trinajstić information content (AvgIpc) is 2.39. The van der Waals surface area contributed by atoms with Crippen LogP contribution in [0.3, 0.4) is 0 Å². The van der Waals surface area contributed by atoms with Gasteiger partial charge in [-0.25, -0.2) is 0 Å². The number of nitrogens with zero attached hydrogens (tertiary/aromatic N) is 1. The quantitative estimate of drug-likeness (QED) is 0.608. The third-order valence-corrected chi connectivity index (χ3v) is 3.38. The van der Waals surface area contributed by atoms with Crippen LogP contribution in [0, 0.1) is 5.92 Å². The summed E-state index contributed by atoms with van der Waals surface area (Å²) in [5.41, 5.74) is 0. The van der Waals surface area contributed by atoms with Gasteiger partial charge in [0.05, 0.1) is 13.0 Å². The number of carbonyl (C=O) groups is 1. The summed E-state index contributed by atoms with van der Waals surface area (Å²) in [6, 6.07) is 0.452. The Balaban J connectivity index is 3.65. The van der Waals surface area contributed by atoms with Crippen LogP contribution in [0.4, 0.5) is 0 Å². The fourth-order valence-electron chi connectivity index (χ4n) is 1.93. The van der Waals surface area contributed by atoms with Gasteiger partial charge in [-0.1, -0.05) is 20.8 Å². The van der Waals surface area contributed by atoms with Crippen molar-refractivity contribution in [3.63, 3.8) is 0 Å². The van der Waals surface area contributed by atoms with Crippen LogP contribution >= 0.6 is 0 Å². The maximum Gasteiger partial charge on any atom is 0.309 e. The lowest BCUT2D eigenvalue weighted by molar-refractivity contribution is -0.144. The number of methoxy groups -OCH3 is 1. The predicted octanol–water partition coefficient (Wildman–Crippen LogP) is 1.90. The van der Waals surface area contributed by atoms with E-state index in [1.165, 1.54) is 13.5 Å². The molecule has 0 saturated carbocycles. The van der Waals surface area contributed by atoms with Crippen molar-refractivity contribution < 1.29 is 9.53 Å². The number of ether oxygens (including phenoxy) is 1. The van der Waals surface area contributed by atoms with Gasteiger partial charge in [0, 0.05) is 12.6 Å². The summed E-state index contributed by atoms with van der Waals surface area (Å²) < 4.78 is 4.70. The molecule has 0 aliphatic heterocycles. The van der Waals surface area contributed by atoms with Gasteiger partial charge in [-0.2, -0.15) is 0 Å². The fourth-order valence-corrected chi connectivity index (χ4v) is 1.93. The minimum Gasteiger partial charge on any atom is -0.469 e. The zero-order valence-corrected chi connectivity index (χ0v) is 12.7. The maximum absolute atomic E-state index is 11.2. The first-order chi connectivity index (χ1) is 8.54. The van der Waals surface area contributed by atoms with Crippen LogP contribution in [0.1, 0.15) is 40.5 Å². The first-order valence-electron chi connectivity index (χ1n) is 7.08. The van der Waals surface area contributed by atoms with Crippen LogP contribution in [0.5, 0.6) is 0 Å². The summed E-state index contributed by atoms with van der Waals surface area (Å²) in [6.45, 7) is 12.6. The summed E-state index contributed by atoms with van der Waals surface area (Å²) >= 11 is 0. The Labute approximate surface area is 112 Å². The zero-order valence-electron chi connectivity index (χ0n) is 12.7. The highest BCUT2D eigenvalue weighted by atomic mass is 16.5. The van der Waals surface area contributed by atoms with E-state index in [0.29, 0.717) is 12.6 Å². The SMILES string of the molecule is CCN(CC)CCCC(C)NCC(C)C(=O)OC. The summed E-state index contributed by atoms with van der Waals surface area (Å²) in [5, 5.41) is 3.39.